The maximum Gasteiger partial charge on any atom is 0.307 e. The van der Waals surface area contributed by atoms with Gasteiger partial charge in [-0.25, -0.2) is 0 Å². The van der Waals surface area contributed by atoms with Crippen LogP contribution in [0.4, 0.5) is 0 Å². The molecule has 0 spiro atoms. The molecule has 0 unspecified atom stereocenters. The zero-order valence-corrected chi connectivity index (χ0v) is 22.3. The average molecular weight is 511 g/mol. The van der Waals surface area contributed by atoms with Crippen LogP contribution in [0.5, 0.6) is 11.5 Å². The number of rotatable bonds is 12. The summed E-state index contributed by atoms with van der Waals surface area (Å²) >= 11 is 0. The van der Waals surface area contributed by atoms with Crippen molar-refractivity contribution in [3.8, 4) is 22.6 Å². The van der Waals surface area contributed by atoms with Gasteiger partial charge in [0.25, 0.3) is 0 Å². The molecule has 2 aromatic rings. The summed E-state index contributed by atoms with van der Waals surface area (Å²) in [6, 6.07) is 12.4. The molecule has 202 valence electrons. The van der Waals surface area contributed by atoms with Crippen LogP contribution in [0.1, 0.15) is 43.2 Å². The van der Waals surface area contributed by atoms with E-state index in [4.69, 9.17) is 9.47 Å². The number of ether oxygens (including phenoxy) is 2. The van der Waals surface area contributed by atoms with Gasteiger partial charge < -0.3 is 29.5 Å². The largest absolute Gasteiger partial charge is 0.493 e. The molecule has 0 amide bonds. The minimum atomic E-state index is -0.680. The molecule has 0 aromatic heterocycles. The Bertz CT molecular complexity index is 1040. The lowest BCUT2D eigenvalue weighted by Crippen LogP contribution is -2.39. The number of piperidine rings is 1. The highest BCUT2D eigenvalue weighted by Crippen LogP contribution is 2.35. The van der Waals surface area contributed by atoms with Gasteiger partial charge >= 0.3 is 5.97 Å². The molecular weight excluding hydrogens is 468 g/mol. The van der Waals surface area contributed by atoms with Crippen molar-refractivity contribution in [2.75, 3.05) is 52.5 Å². The van der Waals surface area contributed by atoms with Crippen molar-refractivity contribution < 1.29 is 24.5 Å². The molecule has 0 saturated carbocycles. The summed E-state index contributed by atoms with van der Waals surface area (Å²) in [7, 11) is 0. The van der Waals surface area contributed by atoms with Gasteiger partial charge in [-0.05, 0) is 86.9 Å². The van der Waals surface area contributed by atoms with E-state index in [1.54, 1.807) is 0 Å². The quantitative estimate of drug-likeness (QED) is 0.410. The van der Waals surface area contributed by atoms with E-state index in [0.717, 1.165) is 98.6 Å². The lowest BCUT2D eigenvalue weighted by molar-refractivity contribution is -0.143. The lowest BCUT2D eigenvalue weighted by atomic mass is 9.95. The first-order chi connectivity index (χ1) is 17.9. The van der Waals surface area contributed by atoms with Crippen molar-refractivity contribution in [3.05, 3.63) is 47.5 Å². The zero-order chi connectivity index (χ0) is 26.2. The Kier molecular flexibility index (Phi) is 9.83. The number of hydrogen-bond acceptors (Lipinski definition) is 6. The first-order valence-electron chi connectivity index (χ1n) is 13.7. The van der Waals surface area contributed by atoms with E-state index in [-0.39, 0.29) is 12.0 Å². The smallest absolute Gasteiger partial charge is 0.307 e. The third-order valence-electron chi connectivity index (χ3n) is 7.71. The van der Waals surface area contributed by atoms with Crippen molar-refractivity contribution in [1.82, 2.24) is 9.80 Å². The lowest BCUT2D eigenvalue weighted by Gasteiger charge is -2.30. The van der Waals surface area contributed by atoms with E-state index in [9.17, 15) is 15.0 Å². The van der Waals surface area contributed by atoms with Gasteiger partial charge in [-0.15, -0.1) is 0 Å². The Hall–Kier alpha value is -2.61. The number of hydrogen-bond donors (Lipinski definition) is 2. The number of aliphatic hydroxyl groups excluding tert-OH is 1. The Balaban J connectivity index is 1.30. The van der Waals surface area contributed by atoms with Crippen molar-refractivity contribution in [2.24, 2.45) is 5.92 Å². The maximum atomic E-state index is 11.3. The molecule has 2 aliphatic rings. The number of aliphatic carboxylic acids is 1. The first-order valence-corrected chi connectivity index (χ1v) is 13.7. The summed E-state index contributed by atoms with van der Waals surface area (Å²) in [4.78, 5) is 15.8. The van der Waals surface area contributed by atoms with Crippen molar-refractivity contribution in [2.45, 2.75) is 52.1 Å². The second-order valence-electron chi connectivity index (χ2n) is 10.5. The highest BCUT2D eigenvalue weighted by molar-refractivity contribution is 5.74. The van der Waals surface area contributed by atoms with Gasteiger partial charge in [0.05, 0.1) is 25.2 Å². The van der Waals surface area contributed by atoms with Crippen LogP contribution in [-0.4, -0.2) is 84.6 Å². The summed E-state index contributed by atoms with van der Waals surface area (Å²) in [6.45, 7) is 10.6. The summed E-state index contributed by atoms with van der Waals surface area (Å²) in [5.41, 5.74) is 4.53. The molecule has 2 aliphatic heterocycles. The van der Waals surface area contributed by atoms with Crippen LogP contribution >= 0.6 is 0 Å². The standard InChI is InChI=1S/C30H42N2O5/c1-22-26(9-3-11-28(22)36-18-6-15-31-14-5-8-24(20-31)30(34)35)27-10-4-12-29(23(27)2)37-19-7-16-32-17-13-25(33)21-32/h3-4,9-12,24-25,33H,5-8,13-21H2,1-2H3,(H,34,35)/t24-,25-/m1/s1. The van der Waals surface area contributed by atoms with E-state index in [1.165, 1.54) is 0 Å². The molecule has 2 fully saturated rings. The number of benzene rings is 2. The molecule has 7 nitrogen and oxygen atoms in total. The number of aliphatic hydroxyl groups is 1. The van der Waals surface area contributed by atoms with Crippen molar-refractivity contribution in [3.63, 3.8) is 0 Å². The molecule has 0 bridgehead atoms. The fourth-order valence-corrected chi connectivity index (χ4v) is 5.54. The maximum absolute atomic E-state index is 11.3. The average Bonchev–Trinajstić information content (AvgIpc) is 3.31. The molecule has 2 atom stereocenters. The second kappa shape index (κ2) is 13.3. The topological polar surface area (TPSA) is 82.5 Å². The van der Waals surface area contributed by atoms with Gasteiger partial charge in [0.15, 0.2) is 0 Å². The Morgan fingerprint density at radius 2 is 1.43 bits per heavy atom. The summed E-state index contributed by atoms with van der Waals surface area (Å²) in [6.07, 6.45) is 4.23. The minimum Gasteiger partial charge on any atom is -0.493 e. The van der Waals surface area contributed by atoms with Crippen LogP contribution in [0.25, 0.3) is 11.1 Å². The minimum absolute atomic E-state index is 0.177. The van der Waals surface area contributed by atoms with E-state index < -0.39 is 5.97 Å². The van der Waals surface area contributed by atoms with Gasteiger partial charge in [-0.3, -0.25) is 4.79 Å². The molecule has 2 saturated heterocycles. The van der Waals surface area contributed by atoms with E-state index in [0.29, 0.717) is 19.8 Å². The Morgan fingerprint density at radius 3 is 1.95 bits per heavy atom. The van der Waals surface area contributed by atoms with Gasteiger partial charge in [0, 0.05) is 32.7 Å². The molecule has 2 aromatic carbocycles. The van der Waals surface area contributed by atoms with Crippen LogP contribution in [0.2, 0.25) is 0 Å². The number of carboxylic acids is 1. The summed E-state index contributed by atoms with van der Waals surface area (Å²) < 4.78 is 12.3. The normalized spacial score (nSPS) is 20.7. The van der Waals surface area contributed by atoms with E-state index in [1.807, 2.05) is 24.3 Å². The fraction of sp³-hybridized carbons (Fsp3) is 0.567. The molecule has 37 heavy (non-hydrogen) atoms. The molecular formula is C30H42N2O5. The Morgan fingerprint density at radius 1 is 0.865 bits per heavy atom. The zero-order valence-electron chi connectivity index (χ0n) is 22.3. The van der Waals surface area contributed by atoms with Crippen LogP contribution < -0.4 is 9.47 Å². The van der Waals surface area contributed by atoms with E-state index >= 15 is 0 Å². The fourth-order valence-electron chi connectivity index (χ4n) is 5.54. The molecule has 2 heterocycles. The number of likely N-dealkylation sites (tertiary alicyclic amines) is 2. The number of β-amino-alcohol motifs (C(OH)–C–C–N with tert-alkyl or cyclic N) is 1. The van der Waals surface area contributed by atoms with Gasteiger partial charge in [-0.1, -0.05) is 24.3 Å². The highest BCUT2D eigenvalue weighted by atomic mass is 16.5. The molecule has 2 N–H and O–H groups in total. The SMILES string of the molecule is Cc1c(OCCCN2CC[C@@H](O)C2)cccc1-c1cccc(OCCCN2CCC[C@@H](C(=O)O)C2)c1C. The monoisotopic (exact) mass is 510 g/mol. The van der Waals surface area contributed by atoms with Crippen LogP contribution in [0.3, 0.4) is 0 Å². The number of nitrogens with zero attached hydrogens (tertiary/aromatic N) is 2. The van der Waals surface area contributed by atoms with Crippen LogP contribution in [-0.2, 0) is 4.79 Å². The van der Waals surface area contributed by atoms with Crippen LogP contribution in [0.15, 0.2) is 36.4 Å². The molecule has 0 aliphatic carbocycles. The first kappa shape index (κ1) is 27.4. The van der Waals surface area contributed by atoms with Gasteiger partial charge in [-0.2, -0.15) is 0 Å². The van der Waals surface area contributed by atoms with Crippen LogP contribution in [0, 0.1) is 19.8 Å². The Labute approximate surface area is 221 Å². The predicted octanol–water partition coefficient (Wildman–Crippen LogP) is 4.37. The van der Waals surface area contributed by atoms with Crippen molar-refractivity contribution >= 4 is 5.97 Å². The molecule has 4 rings (SSSR count). The third-order valence-corrected chi connectivity index (χ3v) is 7.71. The predicted molar refractivity (Wildman–Crippen MR) is 145 cm³/mol. The summed E-state index contributed by atoms with van der Waals surface area (Å²) in [5, 5.41) is 19.0. The summed E-state index contributed by atoms with van der Waals surface area (Å²) in [5.74, 6) is 0.876. The number of carbonyl (C=O) groups is 1. The second-order valence-corrected chi connectivity index (χ2v) is 10.5. The molecule has 0 radical (unpaired) electrons. The molecule has 7 heteroatoms. The van der Waals surface area contributed by atoms with E-state index in [2.05, 4.69) is 35.8 Å². The van der Waals surface area contributed by atoms with Crippen molar-refractivity contribution in [1.29, 1.82) is 0 Å². The highest BCUT2D eigenvalue weighted by Gasteiger charge is 2.25. The van der Waals surface area contributed by atoms with Gasteiger partial charge in [0.1, 0.15) is 11.5 Å². The third kappa shape index (κ3) is 7.46. The van der Waals surface area contributed by atoms with Gasteiger partial charge in [0.2, 0.25) is 0 Å². The number of carboxylic acid groups (broad SMARTS) is 1.